The van der Waals surface area contributed by atoms with Gasteiger partial charge in [0.1, 0.15) is 11.3 Å². The molecule has 4 rings (SSSR count). The molecule has 1 aromatic heterocycles. The minimum Gasteiger partial charge on any atom is -0.496 e. The van der Waals surface area contributed by atoms with E-state index in [2.05, 4.69) is 28.0 Å². The molecule has 1 fully saturated rings. The maximum atomic E-state index is 11.7. The van der Waals surface area contributed by atoms with Crippen LogP contribution in [0.5, 0.6) is 5.75 Å². The summed E-state index contributed by atoms with van der Waals surface area (Å²) >= 11 is 0. The summed E-state index contributed by atoms with van der Waals surface area (Å²) in [6.07, 6.45) is 1.90. The van der Waals surface area contributed by atoms with Crippen molar-refractivity contribution < 1.29 is 9.53 Å². The lowest BCUT2D eigenvalue weighted by molar-refractivity contribution is 0.100. The van der Waals surface area contributed by atoms with Crippen molar-refractivity contribution in [3.63, 3.8) is 0 Å². The van der Waals surface area contributed by atoms with Crippen molar-refractivity contribution in [2.24, 2.45) is 5.73 Å². The maximum absolute atomic E-state index is 11.7. The fraction of sp³-hybridized carbons (Fsp3) is 0.333. The Morgan fingerprint density at radius 2 is 1.96 bits per heavy atom. The standard InChI is InChI=1S/C21H25N5O2/c1-24-8-10-25(11-9-24)13-15-6-7-17(12-19(15)28-2)26-14-16-4-3-5-18(21(22)27)20(16)23-26/h3-7,12,14H,8-11,13H2,1-2H3,(H2,22,27). The van der Waals surface area contributed by atoms with Gasteiger partial charge in [0.2, 0.25) is 0 Å². The molecule has 0 saturated carbocycles. The largest absolute Gasteiger partial charge is 0.496 e. The number of carbonyl (C=O) groups is 1. The Morgan fingerprint density at radius 1 is 1.18 bits per heavy atom. The van der Waals surface area contributed by atoms with Crippen molar-refractivity contribution in [2.75, 3.05) is 40.3 Å². The van der Waals surface area contributed by atoms with Gasteiger partial charge in [-0.3, -0.25) is 9.69 Å². The van der Waals surface area contributed by atoms with Crippen LogP contribution in [0.25, 0.3) is 16.6 Å². The van der Waals surface area contributed by atoms with Gasteiger partial charge in [0.05, 0.1) is 18.4 Å². The van der Waals surface area contributed by atoms with E-state index in [9.17, 15) is 4.79 Å². The number of methoxy groups -OCH3 is 1. The number of likely N-dealkylation sites (N-methyl/N-ethyl adjacent to an activating group) is 1. The molecular weight excluding hydrogens is 354 g/mol. The van der Waals surface area contributed by atoms with E-state index in [1.54, 1.807) is 17.9 Å². The van der Waals surface area contributed by atoms with Gasteiger partial charge in [-0.1, -0.05) is 18.2 Å². The number of primary amides is 1. The Kier molecular flexibility index (Phi) is 5.02. The third kappa shape index (κ3) is 3.58. The van der Waals surface area contributed by atoms with Crippen molar-refractivity contribution in [1.29, 1.82) is 0 Å². The highest BCUT2D eigenvalue weighted by molar-refractivity contribution is 6.04. The molecule has 0 unspecified atom stereocenters. The molecule has 1 aliphatic heterocycles. The van der Waals surface area contributed by atoms with Crippen molar-refractivity contribution in [3.8, 4) is 11.4 Å². The number of piperazine rings is 1. The quantitative estimate of drug-likeness (QED) is 0.733. The molecule has 2 heterocycles. The lowest BCUT2D eigenvalue weighted by atomic mass is 10.1. The minimum absolute atomic E-state index is 0.426. The van der Waals surface area contributed by atoms with E-state index in [0.29, 0.717) is 11.1 Å². The van der Waals surface area contributed by atoms with E-state index in [4.69, 9.17) is 10.5 Å². The Hall–Kier alpha value is -2.90. The van der Waals surface area contributed by atoms with Crippen molar-refractivity contribution in [2.45, 2.75) is 6.54 Å². The zero-order valence-corrected chi connectivity index (χ0v) is 16.3. The number of fused-ring (bicyclic) bond motifs is 1. The molecule has 2 N–H and O–H groups in total. The number of nitrogens with zero attached hydrogens (tertiary/aromatic N) is 4. The normalized spacial score (nSPS) is 15.8. The molecule has 0 radical (unpaired) electrons. The summed E-state index contributed by atoms with van der Waals surface area (Å²) in [4.78, 5) is 16.5. The summed E-state index contributed by atoms with van der Waals surface area (Å²) < 4.78 is 7.42. The summed E-state index contributed by atoms with van der Waals surface area (Å²) in [5, 5.41) is 5.45. The van der Waals surface area contributed by atoms with Crippen LogP contribution in [0.1, 0.15) is 15.9 Å². The van der Waals surface area contributed by atoms with E-state index in [0.717, 1.165) is 55.1 Å². The first-order chi connectivity index (χ1) is 13.5. The highest BCUT2D eigenvalue weighted by atomic mass is 16.5. The third-order valence-corrected chi connectivity index (χ3v) is 5.33. The number of rotatable bonds is 5. The number of benzene rings is 2. The first-order valence-corrected chi connectivity index (χ1v) is 9.41. The van der Waals surface area contributed by atoms with Crippen LogP contribution in [0, 0.1) is 0 Å². The summed E-state index contributed by atoms with van der Waals surface area (Å²) in [6, 6.07) is 11.5. The second kappa shape index (κ2) is 7.61. The zero-order valence-electron chi connectivity index (χ0n) is 16.3. The predicted octanol–water partition coefficient (Wildman–Crippen LogP) is 1.88. The van der Waals surface area contributed by atoms with Crippen LogP contribution >= 0.6 is 0 Å². The van der Waals surface area contributed by atoms with Gasteiger partial charge >= 0.3 is 0 Å². The molecule has 0 spiro atoms. The van der Waals surface area contributed by atoms with Crippen LogP contribution < -0.4 is 10.5 Å². The number of nitrogens with two attached hydrogens (primary N) is 1. The monoisotopic (exact) mass is 379 g/mol. The summed E-state index contributed by atoms with van der Waals surface area (Å²) in [5.74, 6) is 0.363. The van der Waals surface area contributed by atoms with E-state index in [1.165, 1.54) is 0 Å². The van der Waals surface area contributed by atoms with Crippen LogP contribution in [0.4, 0.5) is 0 Å². The number of ether oxygens (including phenoxy) is 1. The Balaban J connectivity index is 1.63. The first kappa shape index (κ1) is 18.5. The van der Waals surface area contributed by atoms with Crippen LogP contribution in [0.15, 0.2) is 42.6 Å². The molecule has 3 aromatic rings. The summed E-state index contributed by atoms with van der Waals surface area (Å²) in [5.41, 5.74) is 8.55. The Bertz CT molecular complexity index is 1010. The third-order valence-electron chi connectivity index (χ3n) is 5.33. The number of carbonyl (C=O) groups excluding carboxylic acids is 1. The van der Waals surface area contributed by atoms with Gasteiger partial charge in [-0.25, -0.2) is 4.68 Å². The van der Waals surface area contributed by atoms with Crippen molar-refractivity contribution in [1.82, 2.24) is 19.6 Å². The van der Waals surface area contributed by atoms with Crippen molar-refractivity contribution in [3.05, 3.63) is 53.7 Å². The van der Waals surface area contributed by atoms with Crippen LogP contribution in [-0.2, 0) is 6.54 Å². The highest BCUT2D eigenvalue weighted by Gasteiger charge is 2.17. The topological polar surface area (TPSA) is 76.6 Å². The van der Waals surface area contributed by atoms with Gasteiger partial charge in [-0.15, -0.1) is 0 Å². The van der Waals surface area contributed by atoms with Crippen LogP contribution in [0.2, 0.25) is 0 Å². The number of hydrogen-bond donors (Lipinski definition) is 1. The average molecular weight is 379 g/mol. The van der Waals surface area contributed by atoms with Gasteiger partial charge in [-0.2, -0.15) is 5.10 Å². The molecule has 0 atom stereocenters. The smallest absolute Gasteiger partial charge is 0.250 e. The van der Waals surface area contributed by atoms with Gasteiger partial charge in [0.15, 0.2) is 0 Å². The molecule has 1 amide bonds. The molecule has 28 heavy (non-hydrogen) atoms. The summed E-state index contributed by atoms with van der Waals surface area (Å²) in [7, 11) is 3.85. The highest BCUT2D eigenvalue weighted by Crippen LogP contribution is 2.26. The number of aromatic nitrogens is 2. The van der Waals surface area contributed by atoms with Crippen molar-refractivity contribution >= 4 is 16.8 Å². The van der Waals surface area contributed by atoms with Gasteiger partial charge < -0.3 is 15.4 Å². The molecule has 2 aromatic carbocycles. The molecule has 7 heteroatoms. The van der Waals surface area contributed by atoms with Gasteiger partial charge in [0, 0.05) is 55.9 Å². The maximum Gasteiger partial charge on any atom is 0.250 e. The van der Waals surface area contributed by atoms with E-state index < -0.39 is 5.91 Å². The molecule has 1 aliphatic rings. The minimum atomic E-state index is -0.476. The predicted molar refractivity (Wildman–Crippen MR) is 109 cm³/mol. The molecular formula is C21H25N5O2. The second-order valence-electron chi connectivity index (χ2n) is 7.26. The number of amides is 1. The van der Waals surface area contributed by atoms with E-state index >= 15 is 0 Å². The lowest BCUT2D eigenvalue weighted by Crippen LogP contribution is -2.43. The molecule has 146 valence electrons. The van der Waals surface area contributed by atoms with Gasteiger partial charge in [-0.05, 0) is 19.2 Å². The van der Waals surface area contributed by atoms with E-state index in [-0.39, 0.29) is 0 Å². The lowest BCUT2D eigenvalue weighted by Gasteiger charge is -2.32. The molecule has 1 saturated heterocycles. The Labute approximate surface area is 164 Å². The fourth-order valence-electron chi connectivity index (χ4n) is 3.63. The van der Waals surface area contributed by atoms with E-state index in [1.807, 2.05) is 30.5 Å². The second-order valence-corrected chi connectivity index (χ2v) is 7.26. The van der Waals surface area contributed by atoms with Crippen LogP contribution in [0.3, 0.4) is 0 Å². The zero-order chi connectivity index (χ0) is 19.7. The fourth-order valence-corrected chi connectivity index (χ4v) is 3.63. The van der Waals surface area contributed by atoms with Gasteiger partial charge in [0.25, 0.3) is 5.91 Å². The average Bonchev–Trinajstić information content (AvgIpc) is 3.14. The number of hydrogen-bond acceptors (Lipinski definition) is 5. The Morgan fingerprint density at radius 3 is 2.68 bits per heavy atom. The van der Waals surface area contributed by atoms with Crippen LogP contribution in [-0.4, -0.2) is 65.8 Å². The molecule has 0 aliphatic carbocycles. The summed E-state index contributed by atoms with van der Waals surface area (Å²) in [6.45, 7) is 5.15. The SMILES string of the molecule is COc1cc(-n2cc3cccc(C(N)=O)c3n2)ccc1CN1CCN(C)CC1. The molecule has 0 bridgehead atoms. The molecule has 7 nitrogen and oxygen atoms in total. The first-order valence-electron chi connectivity index (χ1n) is 9.41.